The Kier molecular flexibility index (Phi) is 6.13. The number of rotatable bonds is 8. The molecule has 0 saturated heterocycles. The maximum absolute atomic E-state index is 13.0. The predicted octanol–water partition coefficient (Wildman–Crippen LogP) is 3.51. The number of halogens is 3. The van der Waals surface area contributed by atoms with Crippen LogP contribution in [0.15, 0.2) is 42.5 Å². The number of nitrogens with one attached hydrogen (secondary N) is 1. The van der Waals surface area contributed by atoms with Gasteiger partial charge in [-0.05, 0) is 37.2 Å². The topological polar surface area (TPSA) is 58.3 Å². The van der Waals surface area contributed by atoms with Crippen molar-refractivity contribution in [2.45, 2.75) is 32.5 Å². The molecular weight excluding hydrogens is 369 g/mol. The molecule has 9 heteroatoms. The van der Waals surface area contributed by atoms with Gasteiger partial charge >= 0.3 is 6.18 Å². The van der Waals surface area contributed by atoms with Gasteiger partial charge in [-0.2, -0.15) is 17.7 Å². The summed E-state index contributed by atoms with van der Waals surface area (Å²) in [5, 5.41) is 13.9. The van der Waals surface area contributed by atoms with Gasteiger partial charge in [0.25, 0.3) is 5.82 Å². The van der Waals surface area contributed by atoms with Gasteiger partial charge in [0.05, 0.1) is 0 Å². The molecule has 1 N–H and O–H groups in total. The lowest BCUT2D eigenvalue weighted by molar-refractivity contribution is -0.146. The van der Waals surface area contributed by atoms with E-state index in [1.54, 1.807) is 6.07 Å². The molecule has 0 aliphatic rings. The number of likely N-dealkylation sites (N-methyl/N-ethyl adjacent to an activating group) is 1. The zero-order chi connectivity index (χ0) is 20.1. The molecule has 1 unspecified atom stereocenters. The van der Waals surface area contributed by atoms with Crippen LogP contribution in [-0.4, -0.2) is 50.4 Å². The largest absolute Gasteiger partial charge is 0.453 e. The van der Waals surface area contributed by atoms with Crippen LogP contribution in [0.3, 0.4) is 0 Å². The molecule has 150 valence electrons. The molecule has 1 atom stereocenters. The normalized spacial score (nSPS) is 13.2. The van der Waals surface area contributed by atoms with Crippen LogP contribution in [0.4, 0.5) is 19.0 Å². The molecule has 0 aliphatic carbocycles. The molecule has 2 heterocycles. The highest BCUT2D eigenvalue weighted by Crippen LogP contribution is 2.27. The SMILES string of the molecule is CCN(CC)C(CNc1ccc2nnc(C(F)(F)F)n2n1)Cc1ccccc1. The minimum absolute atomic E-state index is 0.0578. The van der Waals surface area contributed by atoms with Gasteiger partial charge in [-0.3, -0.25) is 4.90 Å². The summed E-state index contributed by atoms with van der Waals surface area (Å²) in [5.74, 6) is -0.779. The van der Waals surface area contributed by atoms with Crippen molar-refractivity contribution in [1.29, 1.82) is 0 Å². The molecule has 0 saturated carbocycles. The van der Waals surface area contributed by atoms with Crippen LogP contribution >= 0.6 is 0 Å². The van der Waals surface area contributed by atoms with Crippen molar-refractivity contribution in [3.8, 4) is 0 Å². The van der Waals surface area contributed by atoms with Gasteiger partial charge in [-0.25, -0.2) is 0 Å². The van der Waals surface area contributed by atoms with E-state index >= 15 is 0 Å². The molecule has 1 aromatic carbocycles. The van der Waals surface area contributed by atoms with E-state index in [9.17, 15) is 13.2 Å². The number of benzene rings is 1. The lowest BCUT2D eigenvalue weighted by Gasteiger charge is -2.30. The number of hydrogen-bond acceptors (Lipinski definition) is 5. The van der Waals surface area contributed by atoms with Gasteiger partial charge in [-0.15, -0.1) is 15.3 Å². The molecule has 0 radical (unpaired) electrons. The van der Waals surface area contributed by atoms with E-state index in [0.717, 1.165) is 24.0 Å². The maximum atomic E-state index is 13.0. The summed E-state index contributed by atoms with van der Waals surface area (Å²) in [5.41, 5.74) is 1.27. The van der Waals surface area contributed by atoms with Crippen molar-refractivity contribution in [3.63, 3.8) is 0 Å². The van der Waals surface area contributed by atoms with E-state index < -0.39 is 12.0 Å². The molecule has 3 aromatic rings. The second-order valence-electron chi connectivity index (χ2n) is 6.46. The summed E-state index contributed by atoms with van der Waals surface area (Å²) >= 11 is 0. The third-order valence-corrected chi connectivity index (χ3v) is 4.68. The van der Waals surface area contributed by atoms with Gasteiger partial charge in [-0.1, -0.05) is 44.2 Å². The van der Waals surface area contributed by atoms with Crippen LogP contribution in [0.25, 0.3) is 5.65 Å². The van der Waals surface area contributed by atoms with Gasteiger partial charge in [0.1, 0.15) is 5.82 Å². The molecule has 0 bridgehead atoms. The highest BCUT2D eigenvalue weighted by molar-refractivity contribution is 5.44. The Hall–Kier alpha value is -2.68. The highest BCUT2D eigenvalue weighted by atomic mass is 19.4. The Morgan fingerprint density at radius 1 is 1.04 bits per heavy atom. The smallest absolute Gasteiger partial charge is 0.367 e. The third-order valence-electron chi connectivity index (χ3n) is 4.68. The number of hydrogen-bond donors (Lipinski definition) is 1. The second kappa shape index (κ2) is 8.55. The lowest BCUT2D eigenvalue weighted by Crippen LogP contribution is -2.41. The number of alkyl halides is 3. The monoisotopic (exact) mass is 392 g/mol. The van der Waals surface area contributed by atoms with Crippen molar-refractivity contribution in [2.75, 3.05) is 25.0 Å². The molecule has 28 heavy (non-hydrogen) atoms. The minimum atomic E-state index is -4.61. The van der Waals surface area contributed by atoms with Crippen LogP contribution in [0.5, 0.6) is 0 Å². The zero-order valence-electron chi connectivity index (χ0n) is 15.8. The zero-order valence-corrected chi connectivity index (χ0v) is 15.8. The van der Waals surface area contributed by atoms with E-state index in [4.69, 9.17) is 0 Å². The molecule has 0 aliphatic heterocycles. The Morgan fingerprint density at radius 2 is 1.75 bits per heavy atom. The molecule has 0 amide bonds. The first kappa shape index (κ1) is 20.1. The van der Waals surface area contributed by atoms with E-state index in [1.165, 1.54) is 11.6 Å². The van der Waals surface area contributed by atoms with Crippen molar-refractivity contribution in [2.24, 2.45) is 0 Å². The van der Waals surface area contributed by atoms with Crippen LogP contribution in [-0.2, 0) is 12.6 Å². The number of aromatic nitrogens is 4. The Balaban J connectivity index is 1.78. The first-order chi connectivity index (χ1) is 13.4. The predicted molar refractivity (Wildman–Crippen MR) is 101 cm³/mol. The second-order valence-corrected chi connectivity index (χ2v) is 6.46. The van der Waals surface area contributed by atoms with Crippen molar-refractivity contribution >= 4 is 11.5 Å². The van der Waals surface area contributed by atoms with Crippen molar-refractivity contribution < 1.29 is 13.2 Å². The maximum Gasteiger partial charge on any atom is 0.453 e. The van der Waals surface area contributed by atoms with Crippen LogP contribution in [0.1, 0.15) is 25.2 Å². The van der Waals surface area contributed by atoms with Crippen LogP contribution in [0.2, 0.25) is 0 Å². The molecule has 0 spiro atoms. The van der Waals surface area contributed by atoms with Gasteiger partial charge in [0.15, 0.2) is 5.65 Å². The third kappa shape index (κ3) is 4.59. The fourth-order valence-corrected chi connectivity index (χ4v) is 3.24. The minimum Gasteiger partial charge on any atom is -0.367 e. The summed E-state index contributed by atoms with van der Waals surface area (Å²) in [7, 11) is 0. The quantitative estimate of drug-likeness (QED) is 0.636. The Bertz CT molecular complexity index is 890. The Labute approximate surface area is 161 Å². The summed E-state index contributed by atoms with van der Waals surface area (Å²) in [6, 6.07) is 13.4. The average molecular weight is 392 g/mol. The summed E-state index contributed by atoms with van der Waals surface area (Å²) < 4.78 is 39.9. The standard InChI is InChI=1S/C19H23F3N6/c1-3-27(4-2)15(12-14-8-6-5-7-9-14)13-23-16-10-11-17-24-25-18(19(20,21)22)28(17)26-16/h5-11,15H,3-4,12-13H2,1-2H3,(H,23,26). The van der Waals surface area contributed by atoms with E-state index in [-0.39, 0.29) is 11.7 Å². The number of nitrogens with zero attached hydrogens (tertiary/aromatic N) is 5. The van der Waals surface area contributed by atoms with Crippen molar-refractivity contribution in [3.05, 3.63) is 53.9 Å². The van der Waals surface area contributed by atoms with Crippen LogP contribution in [0, 0.1) is 0 Å². The molecule has 2 aromatic heterocycles. The molecular formula is C19H23F3N6. The van der Waals surface area contributed by atoms with E-state index in [2.05, 4.69) is 51.5 Å². The number of anilines is 1. The van der Waals surface area contributed by atoms with E-state index in [1.807, 2.05) is 18.2 Å². The fourth-order valence-electron chi connectivity index (χ4n) is 3.24. The first-order valence-electron chi connectivity index (χ1n) is 9.23. The van der Waals surface area contributed by atoms with Gasteiger partial charge in [0, 0.05) is 12.6 Å². The highest BCUT2D eigenvalue weighted by Gasteiger charge is 2.37. The van der Waals surface area contributed by atoms with Crippen LogP contribution < -0.4 is 5.32 Å². The van der Waals surface area contributed by atoms with Gasteiger partial charge in [0.2, 0.25) is 0 Å². The van der Waals surface area contributed by atoms with Gasteiger partial charge < -0.3 is 5.32 Å². The molecule has 0 fully saturated rings. The summed E-state index contributed by atoms with van der Waals surface area (Å²) in [4.78, 5) is 2.32. The summed E-state index contributed by atoms with van der Waals surface area (Å²) in [6.07, 6.45) is -3.78. The lowest BCUT2D eigenvalue weighted by atomic mass is 10.0. The summed E-state index contributed by atoms with van der Waals surface area (Å²) in [6.45, 7) is 6.51. The van der Waals surface area contributed by atoms with E-state index in [0.29, 0.717) is 12.4 Å². The fraction of sp³-hybridized carbons (Fsp3) is 0.421. The Morgan fingerprint density at radius 3 is 2.39 bits per heavy atom. The molecule has 3 rings (SSSR count). The van der Waals surface area contributed by atoms with Crippen molar-refractivity contribution in [1.82, 2.24) is 24.7 Å². The number of fused-ring (bicyclic) bond motifs is 1. The first-order valence-corrected chi connectivity index (χ1v) is 9.23. The molecule has 6 nitrogen and oxygen atoms in total. The average Bonchev–Trinajstić information content (AvgIpc) is 3.11.